The summed E-state index contributed by atoms with van der Waals surface area (Å²) in [6.07, 6.45) is 7.26. The van der Waals surface area contributed by atoms with Crippen molar-refractivity contribution in [1.82, 2.24) is 0 Å². The van der Waals surface area contributed by atoms with E-state index in [2.05, 4.69) is 34.6 Å². The molecule has 6 nitrogen and oxygen atoms in total. The lowest BCUT2D eigenvalue weighted by atomic mass is 9.34. The highest BCUT2D eigenvalue weighted by Gasteiger charge is 2.71. The van der Waals surface area contributed by atoms with Gasteiger partial charge in [0.05, 0.1) is 18.3 Å². The largest absolute Gasteiger partial charge is 0.462 e. The summed E-state index contributed by atoms with van der Waals surface area (Å²) in [5, 5.41) is 12.0. The lowest BCUT2D eigenvalue weighted by molar-refractivity contribution is -0.262. The molecule has 0 amide bonds. The van der Waals surface area contributed by atoms with Gasteiger partial charge in [0.1, 0.15) is 6.10 Å². The molecule has 0 saturated heterocycles. The van der Waals surface area contributed by atoms with Crippen molar-refractivity contribution < 1.29 is 28.9 Å². The van der Waals surface area contributed by atoms with Crippen LogP contribution < -0.4 is 0 Å². The maximum atomic E-state index is 12.1. The van der Waals surface area contributed by atoms with Crippen LogP contribution in [0.1, 0.15) is 93.4 Å². The smallest absolute Gasteiger partial charge is 0.305 e. The number of esters is 2. The van der Waals surface area contributed by atoms with Crippen molar-refractivity contribution in [3.05, 3.63) is 11.8 Å². The number of hydrogen-bond acceptors (Lipinski definition) is 6. The van der Waals surface area contributed by atoms with Gasteiger partial charge in [-0.15, -0.1) is 0 Å². The summed E-state index contributed by atoms with van der Waals surface area (Å²) >= 11 is 0. The van der Waals surface area contributed by atoms with E-state index in [0.29, 0.717) is 23.7 Å². The van der Waals surface area contributed by atoms with E-state index in [4.69, 9.17) is 14.2 Å². The molecule has 1 N–H and O–H groups in total. The van der Waals surface area contributed by atoms with Crippen LogP contribution >= 0.6 is 0 Å². The summed E-state index contributed by atoms with van der Waals surface area (Å²) in [6, 6.07) is 0. The van der Waals surface area contributed by atoms with Gasteiger partial charge in [-0.1, -0.05) is 41.0 Å². The molecule has 196 valence electrons. The van der Waals surface area contributed by atoms with E-state index in [1.54, 1.807) is 6.26 Å². The Labute approximate surface area is 210 Å². The molecule has 0 bridgehead atoms. The SMILES string of the molecule is CC(=O)OC1CC2C3(C)CCC4C(C)(C)CCCC4(C)C3CC(O)C2(C)[C@H]2C1=CO[C@@H]2OC(C)=O. The summed E-state index contributed by atoms with van der Waals surface area (Å²) in [5.74, 6) is 0.0707. The van der Waals surface area contributed by atoms with E-state index in [-0.39, 0.29) is 28.6 Å². The molecule has 4 saturated carbocycles. The van der Waals surface area contributed by atoms with Crippen molar-refractivity contribution >= 4 is 11.9 Å². The lowest BCUT2D eigenvalue weighted by Gasteiger charge is -2.71. The third kappa shape index (κ3) is 3.44. The van der Waals surface area contributed by atoms with E-state index < -0.39 is 29.9 Å². The molecule has 0 radical (unpaired) electrons. The van der Waals surface area contributed by atoms with Crippen LogP contribution in [0, 0.1) is 45.3 Å². The Kier molecular flexibility index (Phi) is 5.71. The number of carbonyl (C=O) groups is 2. The van der Waals surface area contributed by atoms with Crippen LogP contribution in [0.5, 0.6) is 0 Å². The average molecular weight is 489 g/mol. The molecule has 1 aliphatic heterocycles. The first-order valence-corrected chi connectivity index (χ1v) is 13.6. The minimum Gasteiger partial charge on any atom is -0.462 e. The van der Waals surface area contributed by atoms with Gasteiger partial charge < -0.3 is 19.3 Å². The fourth-order valence-electron chi connectivity index (χ4n) is 10.3. The molecule has 1 heterocycles. The molecule has 5 aliphatic rings. The van der Waals surface area contributed by atoms with E-state index in [1.165, 1.54) is 39.5 Å². The monoisotopic (exact) mass is 488 g/mol. The molecule has 10 atom stereocenters. The second kappa shape index (κ2) is 7.97. The van der Waals surface area contributed by atoms with Crippen LogP contribution in [0.3, 0.4) is 0 Å². The Morgan fingerprint density at radius 2 is 1.57 bits per heavy atom. The van der Waals surface area contributed by atoms with Gasteiger partial charge in [-0.25, -0.2) is 0 Å². The minimum absolute atomic E-state index is 0.0139. The Morgan fingerprint density at radius 1 is 0.914 bits per heavy atom. The first-order chi connectivity index (χ1) is 16.2. The van der Waals surface area contributed by atoms with Crippen LogP contribution in [-0.4, -0.2) is 35.5 Å². The average Bonchev–Trinajstić information content (AvgIpc) is 3.15. The van der Waals surface area contributed by atoms with Gasteiger partial charge in [0, 0.05) is 24.8 Å². The van der Waals surface area contributed by atoms with E-state index in [9.17, 15) is 14.7 Å². The number of aliphatic hydroxyl groups excluding tert-OH is 1. The molecule has 5 rings (SSSR count). The maximum Gasteiger partial charge on any atom is 0.305 e. The summed E-state index contributed by atoms with van der Waals surface area (Å²) in [6.45, 7) is 14.8. The van der Waals surface area contributed by atoms with Gasteiger partial charge >= 0.3 is 11.9 Å². The van der Waals surface area contributed by atoms with Crippen LogP contribution in [0.25, 0.3) is 0 Å². The fraction of sp³-hybridized carbons (Fsp3) is 0.862. The van der Waals surface area contributed by atoms with Gasteiger partial charge in [0.15, 0.2) is 0 Å². The van der Waals surface area contributed by atoms with Gasteiger partial charge in [-0.05, 0) is 72.5 Å². The van der Waals surface area contributed by atoms with E-state index >= 15 is 0 Å². The minimum atomic E-state index is -0.802. The van der Waals surface area contributed by atoms with Crippen molar-refractivity contribution in [3.8, 4) is 0 Å². The summed E-state index contributed by atoms with van der Waals surface area (Å²) in [4.78, 5) is 24.1. The molecule has 35 heavy (non-hydrogen) atoms. The van der Waals surface area contributed by atoms with Crippen molar-refractivity contribution in [1.29, 1.82) is 0 Å². The lowest BCUT2D eigenvalue weighted by Crippen LogP contribution is -2.68. The molecular weight excluding hydrogens is 444 g/mol. The van der Waals surface area contributed by atoms with Crippen LogP contribution in [-0.2, 0) is 23.8 Å². The normalized spacial score (nSPS) is 49.8. The first-order valence-electron chi connectivity index (χ1n) is 13.6. The summed E-state index contributed by atoms with van der Waals surface area (Å²) in [7, 11) is 0. The Morgan fingerprint density at radius 3 is 2.23 bits per heavy atom. The zero-order chi connectivity index (χ0) is 25.6. The number of rotatable bonds is 2. The van der Waals surface area contributed by atoms with Crippen LogP contribution in [0.4, 0.5) is 0 Å². The quantitative estimate of drug-likeness (QED) is 0.526. The number of fused-ring (bicyclic) bond motifs is 7. The zero-order valence-electron chi connectivity index (χ0n) is 22.6. The molecular formula is C29H44O6. The Balaban J connectivity index is 1.59. The zero-order valence-corrected chi connectivity index (χ0v) is 22.6. The third-order valence-corrected chi connectivity index (χ3v) is 11.6. The molecule has 6 heteroatoms. The molecule has 4 fully saturated rings. The van der Waals surface area contributed by atoms with E-state index in [0.717, 1.165) is 18.4 Å². The van der Waals surface area contributed by atoms with E-state index in [1.807, 2.05) is 0 Å². The molecule has 8 unspecified atom stereocenters. The molecule has 0 aromatic carbocycles. The number of ether oxygens (including phenoxy) is 3. The molecule has 0 aromatic rings. The number of carbonyl (C=O) groups excluding carboxylic acids is 2. The molecule has 4 aliphatic carbocycles. The van der Waals surface area contributed by atoms with Crippen molar-refractivity contribution in [3.63, 3.8) is 0 Å². The van der Waals surface area contributed by atoms with Crippen molar-refractivity contribution in [2.75, 3.05) is 0 Å². The van der Waals surface area contributed by atoms with Gasteiger partial charge in [-0.3, -0.25) is 9.59 Å². The molecule has 0 spiro atoms. The number of hydrogen-bond donors (Lipinski definition) is 1. The fourth-order valence-corrected chi connectivity index (χ4v) is 10.3. The van der Waals surface area contributed by atoms with Gasteiger partial charge in [-0.2, -0.15) is 0 Å². The number of aliphatic hydroxyl groups is 1. The Bertz CT molecular complexity index is 939. The second-order valence-electron chi connectivity index (χ2n) is 13.7. The highest BCUT2D eigenvalue weighted by molar-refractivity contribution is 5.67. The predicted octanol–water partition coefficient (Wildman–Crippen LogP) is 5.38. The first kappa shape index (κ1) is 25.1. The maximum absolute atomic E-state index is 12.1. The topological polar surface area (TPSA) is 82.1 Å². The van der Waals surface area contributed by atoms with Crippen LogP contribution in [0.2, 0.25) is 0 Å². The van der Waals surface area contributed by atoms with Crippen LogP contribution in [0.15, 0.2) is 11.8 Å². The standard InChI is InChI=1S/C29H44O6/c1-16(30)34-19-13-22-28(6)12-9-20-26(3,4)10-8-11-27(20,5)21(28)14-23(32)29(22,7)24-18(19)15-33-25(24)35-17(2)31/h15,19-25,32H,8-14H2,1-7H3/t19?,20?,21?,22?,23?,24-,25+,27?,28?,29?/m0/s1. The van der Waals surface area contributed by atoms with Crippen molar-refractivity contribution in [2.24, 2.45) is 45.3 Å². The predicted molar refractivity (Wildman–Crippen MR) is 131 cm³/mol. The molecule has 0 aromatic heterocycles. The Hall–Kier alpha value is -1.56. The highest BCUT2D eigenvalue weighted by Crippen LogP contribution is 2.74. The third-order valence-electron chi connectivity index (χ3n) is 11.6. The second-order valence-corrected chi connectivity index (χ2v) is 13.7. The summed E-state index contributed by atoms with van der Waals surface area (Å²) < 4.78 is 17.4. The van der Waals surface area contributed by atoms with Crippen molar-refractivity contribution in [2.45, 2.75) is 112 Å². The highest BCUT2D eigenvalue weighted by atomic mass is 16.7. The summed E-state index contributed by atoms with van der Waals surface area (Å²) in [5.41, 5.74) is 0.760. The van der Waals surface area contributed by atoms with Gasteiger partial charge in [0.25, 0.3) is 6.29 Å². The van der Waals surface area contributed by atoms with Gasteiger partial charge in [0.2, 0.25) is 0 Å².